The van der Waals surface area contributed by atoms with Crippen LogP contribution < -0.4 is 10.5 Å². The van der Waals surface area contributed by atoms with Crippen LogP contribution in [0, 0.1) is 0 Å². The van der Waals surface area contributed by atoms with Crippen molar-refractivity contribution >= 4 is 5.69 Å². The number of anilines is 1. The molecule has 0 saturated carbocycles. The predicted octanol–water partition coefficient (Wildman–Crippen LogP) is 1.89. The Kier molecular flexibility index (Phi) is 4.09. The van der Waals surface area contributed by atoms with Gasteiger partial charge in [0, 0.05) is 30.9 Å². The molecule has 1 aromatic rings. The van der Waals surface area contributed by atoms with Crippen LogP contribution in [0.1, 0.15) is 18.9 Å². The SMILES string of the molecule is COc1ccc(CN(C)C2CCOC2C)c(N)c1. The smallest absolute Gasteiger partial charge is 0.120 e. The van der Waals surface area contributed by atoms with E-state index in [0.29, 0.717) is 12.1 Å². The van der Waals surface area contributed by atoms with Crippen molar-refractivity contribution in [1.82, 2.24) is 4.90 Å². The molecule has 0 bridgehead atoms. The molecule has 0 radical (unpaired) electrons. The second-order valence-electron chi connectivity index (χ2n) is 4.91. The van der Waals surface area contributed by atoms with Crippen LogP contribution in [-0.4, -0.2) is 37.8 Å². The third kappa shape index (κ3) is 2.76. The molecular weight excluding hydrogens is 228 g/mol. The van der Waals surface area contributed by atoms with Crippen LogP contribution in [0.2, 0.25) is 0 Å². The summed E-state index contributed by atoms with van der Waals surface area (Å²) >= 11 is 0. The van der Waals surface area contributed by atoms with Crippen LogP contribution >= 0.6 is 0 Å². The summed E-state index contributed by atoms with van der Waals surface area (Å²) in [4.78, 5) is 2.32. The van der Waals surface area contributed by atoms with Gasteiger partial charge in [0.25, 0.3) is 0 Å². The van der Waals surface area contributed by atoms with E-state index in [4.69, 9.17) is 15.2 Å². The molecule has 1 heterocycles. The number of nitrogens with zero attached hydrogens (tertiary/aromatic N) is 1. The zero-order valence-electron chi connectivity index (χ0n) is 11.3. The monoisotopic (exact) mass is 250 g/mol. The van der Waals surface area contributed by atoms with Gasteiger partial charge in [0.1, 0.15) is 5.75 Å². The lowest BCUT2D eigenvalue weighted by Crippen LogP contribution is -2.36. The number of likely N-dealkylation sites (N-methyl/N-ethyl adjacent to an activating group) is 1. The van der Waals surface area contributed by atoms with Gasteiger partial charge in [0.05, 0.1) is 13.2 Å². The molecule has 2 atom stereocenters. The van der Waals surface area contributed by atoms with Gasteiger partial charge in [-0.05, 0) is 32.0 Å². The lowest BCUT2D eigenvalue weighted by molar-refractivity contribution is 0.0815. The van der Waals surface area contributed by atoms with Gasteiger partial charge in [-0.2, -0.15) is 0 Å². The van der Waals surface area contributed by atoms with Crippen LogP contribution in [0.5, 0.6) is 5.75 Å². The van der Waals surface area contributed by atoms with Gasteiger partial charge in [0.2, 0.25) is 0 Å². The minimum Gasteiger partial charge on any atom is -0.497 e. The fraction of sp³-hybridized carbons (Fsp3) is 0.571. The molecule has 0 amide bonds. The Bertz CT molecular complexity index is 409. The molecule has 2 unspecified atom stereocenters. The maximum atomic E-state index is 6.04. The molecule has 100 valence electrons. The molecule has 2 N–H and O–H groups in total. The van der Waals surface area contributed by atoms with E-state index < -0.39 is 0 Å². The van der Waals surface area contributed by atoms with Crippen LogP contribution in [-0.2, 0) is 11.3 Å². The first-order chi connectivity index (χ1) is 8.61. The summed E-state index contributed by atoms with van der Waals surface area (Å²) in [6.45, 7) is 3.83. The average Bonchev–Trinajstić information content (AvgIpc) is 2.78. The molecule has 0 aliphatic carbocycles. The van der Waals surface area contributed by atoms with Crippen LogP contribution in [0.25, 0.3) is 0 Å². The van der Waals surface area contributed by atoms with Crippen molar-refractivity contribution in [2.75, 3.05) is 26.5 Å². The molecule has 1 aliphatic heterocycles. The number of rotatable bonds is 4. The van der Waals surface area contributed by atoms with Gasteiger partial charge in [0.15, 0.2) is 0 Å². The molecular formula is C14H22N2O2. The molecule has 1 fully saturated rings. The van der Waals surface area contributed by atoms with Gasteiger partial charge in [-0.25, -0.2) is 0 Å². The molecule has 1 aromatic carbocycles. The number of ether oxygens (including phenoxy) is 2. The number of benzene rings is 1. The van der Waals surface area contributed by atoms with E-state index in [1.807, 2.05) is 18.2 Å². The van der Waals surface area contributed by atoms with Gasteiger partial charge in [-0.1, -0.05) is 6.07 Å². The summed E-state index contributed by atoms with van der Waals surface area (Å²) in [7, 11) is 3.78. The molecule has 4 heteroatoms. The molecule has 4 nitrogen and oxygen atoms in total. The van der Waals surface area contributed by atoms with E-state index >= 15 is 0 Å². The van der Waals surface area contributed by atoms with E-state index in [0.717, 1.165) is 36.6 Å². The molecule has 2 rings (SSSR count). The highest BCUT2D eigenvalue weighted by molar-refractivity contribution is 5.51. The van der Waals surface area contributed by atoms with Crippen molar-refractivity contribution in [3.8, 4) is 5.75 Å². The Balaban J connectivity index is 2.04. The quantitative estimate of drug-likeness (QED) is 0.829. The van der Waals surface area contributed by atoms with Crippen molar-refractivity contribution < 1.29 is 9.47 Å². The zero-order valence-corrected chi connectivity index (χ0v) is 11.3. The fourth-order valence-electron chi connectivity index (χ4n) is 2.53. The Morgan fingerprint density at radius 2 is 2.28 bits per heavy atom. The van der Waals surface area contributed by atoms with Gasteiger partial charge < -0.3 is 15.2 Å². The van der Waals surface area contributed by atoms with E-state index in [2.05, 4.69) is 18.9 Å². The normalized spacial score (nSPS) is 23.6. The summed E-state index contributed by atoms with van der Waals surface area (Å²) in [6.07, 6.45) is 1.39. The molecule has 0 spiro atoms. The van der Waals surface area contributed by atoms with Gasteiger partial charge >= 0.3 is 0 Å². The van der Waals surface area contributed by atoms with Gasteiger partial charge in [-0.15, -0.1) is 0 Å². The first-order valence-corrected chi connectivity index (χ1v) is 6.36. The summed E-state index contributed by atoms with van der Waals surface area (Å²) in [6, 6.07) is 6.34. The van der Waals surface area contributed by atoms with Crippen molar-refractivity contribution in [1.29, 1.82) is 0 Å². The van der Waals surface area contributed by atoms with E-state index in [1.54, 1.807) is 7.11 Å². The number of hydrogen-bond acceptors (Lipinski definition) is 4. The molecule has 0 aromatic heterocycles. The predicted molar refractivity (Wildman–Crippen MR) is 72.7 cm³/mol. The van der Waals surface area contributed by atoms with E-state index in [-0.39, 0.29) is 0 Å². The molecule has 18 heavy (non-hydrogen) atoms. The number of nitrogens with two attached hydrogens (primary N) is 1. The van der Waals surface area contributed by atoms with Crippen LogP contribution in [0.4, 0.5) is 5.69 Å². The summed E-state index contributed by atoms with van der Waals surface area (Å²) in [5.74, 6) is 0.802. The maximum absolute atomic E-state index is 6.04. The van der Waals surface area contributed by atoms with Crippen LogP contribution in [0.3, 0.4) is 0 Å². The lowest BCUT2D eigenvalue weighted by Gasteiger charge is -2.27. The average molecular weight is 250 g/mol. The second-order valence-corrected chi connectivity index (χ2v) is 4.91. The largest absolute Gasteiger partial charge is 0.497 e. The molecule has 1 saturated heterocycles. The Hall–Kier alpha value is -1.26. The zero-order chi connectivity index (χ0) is 13.1. The highest BCUT2D eigenvalue weighted by Crippen LogP contribution is 2.24. The highest BCUT2D eigenvalue weighted by atomic mass is 16.5. The third-order valence-corrected chi connectivity index (χ3v) is 3.68. The fourth-order valence-corrected chi connectivity index (χ4v) is 2.53. The first kappa shape index (κ1) is 13.2. The topological polar surface area (TPSA) is 47.7 Å². The standard InChI is InChI=1S/C14H22N2O2/c1-10-14(6-7-18-10)16(2)9-11-4-5-12(17-3)8-13(11)15/h4-5,8,10,14H,6-7,9,15H2,1-3H3. The third-order valence-electron chi connectivity index (χ3n) is 3.68. The van der Waals surface area contributed by atoms with E-state index in [9.17, 15) is 0 Å². The molecule has 1 aliphatic rings. The highest BCUT2D eigenvalue weighted by Gasteiger charge is 2.27. The first-order valence-electron chi connectivity index (χ1n) is 6.36. The van der Waals surface area contributed by atoms with Crippen molar-refractivity contribution in [3.05, 3.63) is 23.8 Å². The minimum atomic E-state index is 0.300. The van der Waals surface area contributed by atoms with Crippen LogP contribution in [0.15, 0.2) is 18.2 Å². The minimum absolute atomic E-state index is 0.300. The number of hydrogen-bond donors (Lipinski definition) is 1. The van der Waals surface area contributed by atoms with Crippen molar-refractivity contribution in [3.63, 3.8) is 0 Å². The van der Waals surface area contributed by atoms with Crippen molar-refractivity contribution in [2.45, 2.75) is 32.0 Å². The summed E-state index contributed by atoms with van der Waals surface area (Å²) < 4.78 is 10.8. The maximum Gasteiger partial charge on any atom is 0.120 e. The van der Waals surface area contributed by atoms with Gasteiger partial charge in [-0.3, -0.25) is 4.90 Å². The Morgan fingerprint density at radius 3 is 2.83 bits per heavy atom. The van der Waals surface area contributed by atoms with Crippen molar-refractivity contribution in [2.24, 2.45) is 0 Å². The lowest BCUT2D eigenvalue weighted by atomic mass is 10.1. The number of nitrogen functional groups attached to an aromatic ring is 1. The van der Waals surface area contributed by atoms with E-state index in [1.165, 1.54) is 0 Å². The number of methoxy groups -OCH3 is 1. The Labute approximate surface area is 109 Å². The second kappa shape index (κ2) is 5.59. The Morgan fingerprint density at radius 1 is 1.50 bits per heavy atom. The summed E-state index contributed by atoms with van der Waals surface area (Å²) in [5, 5.41) is 0. The summed E-state index contributed by atoms with van der Waals surface area (Å²) in [5.41, 5.74) is 7.96.